The maximum absolute atomic E-state index is 12.2. The average molecular weight is 476 g/mol. The summed E-state index contributed by atoms with van der Waals surface area (Å²) in [5, 5.41) is 15.4. The molecule has 1 fully saturated rings. The zero-order valence-corrected chi connectivity index (χ0v) is 20.1. The number of carbonyl (C=O) groups excluding carboxylic acids is 1. The van der Waals surface area contributed by atoms with Gasteiger partial charge in [0.25, 0.3) is 0 Å². The first kappa shape index (κ1) is 23.1. The highest BCUT2D eigenvalue weighted by Gasteiger charge is 2.33. The number of aryl methyl sites for hydroxylation is 1. The molecular weight excluding hydrogens is 446 g/mol. The second kappa shape index (κ2) is 9.84. The van der Waals surface area contributed by atoms with Crippen LogP contribution in [0.15, 0.2) is 18.2 Å². The molecule has 178 valence electrons. The molecule has 1 aliphatic heterocycles. The van der Waals surface area contributed by atoms with Crippen molar-refractivity contribution in [3.63, 3.8) is 0 Å². The van der Waals surface area contributed by atoms with Crippen LogP contribution >= 0.6 is 11.3 Å². The van der Waals surface area contributed by atoms with Crippen LogP contribution in [0, 0.1) is 6.92 Å². The summed E-state index contributed by atoms with van der Waals surface area (Å²) >= 11 is 1.40. The number of hydrogen-bond donors (Lipinski definition) is 1. The zero-order valence-electron chi connectivity index (χ0n) is 19.3. The van der Waals surface area contributed by atoms with Crippen LogP contribution in [0.25, 0.3) is 4.96 Å². The first-order valence-electron chi connectivity index (χ1n) is 11.0. The molecule has 1 unspecified atom stereocenters. The van der Waals surface area contributed by atoms with Crippen LogP contribution in [0.3, 0.4) is 0 Å². The predicted molar refractivity (Wildman–Crippen MR) is 123 cm³/mol. The van der Waals surface area contributed by atoms with Gasteiger partial charge in [0.05, 0.1) is 31.2 Å². The minimum Gasteiger partial charge on any atom is -0.493 e. The fourth-order valence-electron chi connectivity index (χ4n) is 4.06. The summed E-state index contributed by atoms with van der Waals surface area (Å²) in [6.45, 7) is 8.70. The maximum atomic E-state index is 12.2. The first-order valence-corrected chi connectivity index (χ1v) is 11.8. The zero-order chi connectivity index (χ0) is 23.5. The molecule has 1 amide bonds. The van der Waals surface area contributed by atoms with E-state index in [9.17, 15) is 9.90 Å². The molecule has 1 atom stereocenters. The van der Waals surface area contributed by atoms with Gasteiger partial charge in [-0.25, -0.2) is 9.78 Å². The average Bonchev–Trinajstić information content (AvgIpc) is 3.32. The van der Waals surface area contributed by atoms with Crippen molar-refractivity contribution < 1.29 is 24.1 Å². The van der Waals surface area contributed by atoms with E-state index in [0.29, 0.717) is 61.7 Å². The molecule has 1 saturated heterocycles. The lowest BCUT2D eigenvalue weighted by atomic mass is 10.0. The highest BCUT2D eigenvalue weighted by atomic mass is 32.1. The van der Waals surface area contributed by atoms with Crippen molar-refractivity contribution >= 4 is 22.4 Å². The Morgan fingerprint density at radius 2 is 1.94 bits per heavy atom. The molecule has 3 aromatic rings. The lowest BCUT2D eigenvalue weighted by molar-refractivity contribution is 0.0715. The summed E-state index contributed by atoms with van der Waals surface area (Å²) in [7, 11) is 1.61. The fraction of sp³-hybridized carbons (Fsp3) is 0.500. The second-order valence-electron chi connectivity index (χ2n) is 7.61. The third kappa shape index (κ3) is 4.55. The Bertz CT molecular complexity index is 1120. The summed E-state index contributed by atoms with van der Waals surface area (Å²) in [5.74, 6) is 1.96. The largest absolute Gasteiger partial charge is 0.493 e. The highest BCUT2D eigenvalue weighted by Crippen LogP contribution is 2.42. The molecule has 33 heavy (non-hydrogen) atoms. The number of methoxy groups -OCH3 is 1. The van der Waals surface area contributed by atoms with Gasteiger partial charge in [0.2, 0.25) is 10.8 Å². The van der Waals surface area contributed by atoms with E-state index < -0.39 is 0 Å². The lowest BCUT2D eigenvalue weighted by Gasteiger charge is -2.38. The fourth-order valence-corrected chi connectivity index (χ4v) is 5.22. The third-order valence-corrected chi connectivity index (χ3v) is 6.64. The highest BCUT2D eigenvalue weighted by molar-refractivity contribution is 7.17. The van der Waals surface area contributed by atoms with Crippen LogP contribution < -0.4 is 9.47 Å². The molecule has 3 heterocycles. The van der Waals surface area contributed by atoms with Gasteiger partial charge in [-0.15, -0.1) is 5.10 Å². The Morgan fingerprint density at radius 1 is 1.18 bits per heavy atom. The number of aromatic hydroxyl groups is 1. The van der Waals surface area contributed by atoms with Crippen molar-refractivity contribution in [1.82, 2.24) is 24.4 Å². The van der Waals surface area contributed by atoms with Crippen molar-refractivity contribution in [2.24, 2.45) is 0 Å². The Balaban J connectivity index is 1.71. The Hall–Kier alpha value is -3.05. The number of aromatic nitrogens is 3. The van der Waals surface area contributed by atoms with Crippen molar-refractivity contribution in [3.8, 4) is 17.4 Å². The van der Waals surface area contributed by atoms with E-state index >= 15 is 0 Å². The molecule has 0 aliphatic carbocycles. The van der Waals surface area contributed by atoms with Gasteiger partial charge in [0.15, 0.2) is 11.5 Å². The number of piperazine rings is 1. The number of nitrogens with zero attached hydrogens (tertiary/aromatic N) is 5. The number of fused-ring (bicyclic) bond motifs is 1. The molecule has 0 radical (unpaired) electrons. The van der Waals surface area contributed by atoms with Gasteiger partial charge >= 0.3 is 6.09 Å². The molecule has 0 bridgehead atoms. The molecule has 11 heteroatoms. The summed E-state index contributed by atoms with van der Waals surface area (Å²) in [4.78, 5) is 21.9. The van der Waals surface area contributed by atoms with E-state index in [2.05, 4.69) is 15.0 Å². The standard InChI is InChI=1S/C22H29N5O5S/c1-5-31-16-8-7-15(13-17(16)30-4)18(19-20(28)27-21(33-19)23-14(3)24-27)25-9-11-26(12-10-25)22(29)32-6-2/h7-8,13,18,28H,5-6,9-12H2,1-4H3. The van der Waals surface area contributed by atoms with E-state index in [1.54, 1.807) is 25.9 Å². The van der Waals surface area contributed by atoms with E-state index in [4.69, 9.17) is 14.2 Å². The van der Waals surface area contributed by atoms with Gasteiger partial charge in [-0.1, -0.05) is 17.4 Å². The number of benzene rings is 1. The minimum atomic E-state index is -0.298. The van der Waals surface area contributed by atoms with Gasteiger partial charge in [0, 0.05) is 26.2 Å². The summed E-state index contributed by atoms with van der Waals surface area (Å²) < 4.78 is 17.9. The van der Waals surface area contributed by atoms with E-state index in [1.807, 2.05) is 25.1 Å². The van der Waals surface area contributed by atoms with Crippen LogP contribution in [-0.4, -0.2) is 82.1 Å². The van der Waals surface area contributed by atoms with Crippen molar-refractivity contribution in [2.75, 3.05) is 46.5 Å². The first-order chi connectivity index (χ1) is 16.0. The molecule has 10 nitrogen and oxygen atoms in total. The van der Waals surface area contributed by atoms with Gasteiger partial charge in [-0.05, 0) is 38.5 Å². The minimum absolute atomic E-state index is 0.0706. The number of ether oxygens (including phenoxy) is 3. The van der Waals surface area contributed by atoms with Gasteiger partial charge in [-0.3, -0.25) is 4.90 Å². The van der Waals surface area contributed by atoms with E-state index in [1.165, 1.54) is 15.9 Å². The maximum Gasteiger partial charge on any atom is 0.409 e. The Kier molecular flexibility index (Phi) is 6.89. The monoisotopic (exact) mass is 475 g/mol. The van der Waals surface area contributed by atoms with Crippen LogP contribution in [0.1, 0.15) is 36.2 Å². The molecular formula is C22H29N5O5S. The van der Waals surface area contributed by atoms with Crippen LogP contribution in [0.2, 0.25) is 0 Å². The Morgan fingerprint density at radius 3 is 2.58 bits per heavy atom. The van der Waals surface area contributed by atoms with Gasteiger partial charge < -0.3 is 24.2 Å². The summed E-state index contributed by atoms with van der Waals surface area (Å²) in [6.07, 6.45) is -0.298. The Labute approximate surface area is 196 Å². The SMILES string of the molecule is CCOC(=O)N1CCN(C(c2ccc(OCC)c(OC)c2)c2sc3nc(C)nn3c2O)CC1. The molecule has 4 rings (SSSR count). The molecule has 1 aromatic carbocycles. The van der Waals surface area contributed by atoms with E-state index in [-0.39, 0.29) is 18.0 Å². The smallest absolute Gasteiger partial charge is 0.409 e. The van der Waals surface area contributed by atoms with E-state index in [0.717, 1.165) is 10.4 Å². The van der Waals surface area contributed by atoms with Crippen molar-refractivity contribution in [2.45, 2.75) is 26.8 Å². The van der Waals surface area contributed by atoms with Crippen molar-refractivity contribution in [3.05, 3.63) is 34.5 Å². The number of hydrogen-bond acceptors (Lipinski definition) is 9. The van der Waals surface area contributed by atoms with Crippen LogP contribution in [0.4, 0.5) is 4.79 Å². The topological polar surface area (TPSA) is 102 Å². The van der Waals surface area contributed by atoms with Gasteiger partial charge in [0.1, 0.15) is 5.82 Å². The number of carbonyl (C=O) groups is 1. The summed E-state index contributed by atoms with van der Waals surface area (Å²) in [5.41, 5.74) is 0.941. The van der Waals surface area contributed by atoms with Crippen LogP contribution in [-0.2, 0) is 4.74 Å². The van der Waals surface area contributed by atoms with Crippen molar-refractivity contribution in [1.29, 1.82) is 0 Å². The molecule has 2 aromatic heterocycles. The third-order valence-electron chi connectivity index (χ3n) is 5.56. The molecule has 0 saturated carbocycles. The van der Waals surface area contributed by atoms with Gasteiger partial charge in [-0.2, -0.15) is 4.52 Å². The number of thiazole rings is 1. The van der Waals surface area contributed by atoms with Crippen LogP contribution in [0.5, 0.6) is 17.4 Å². The normalized spacial score (nSPS) is 15.6. The second-order valence-corrected chi connectivity index (χ2v) is 8.62. The number of rotatable bonds is 7. The molecule has 1 N–H and O–H groups in total. The predicted octanol–water partition coefficient (Wildman–Crippen LogP) is 3.08. The summed E-state index contributed by atoms with van der Waals surface area (Å²) in [6, 6.07) is 5.54. The number of amides is 1. The molecule has 0 spiro atoms. The lowest BCUT2D eigenvalue weighted by Crippen LogP contribution is -2.49. The molecule has 1 aliphatic rings. The quantitative estimate of drug-likeness (QED) is 0.556.